The van der Waals surface area contributed by atoms with Crippen LogP contribution in [0.15, 0.2) is 18.2 Å². The van der Waals surface area contributed by atoms with Crippen molar-refractivity contribution in [1.29, 1.82) is 0 Å². The van der Waals surface area contributed by atoms with Crippen LogP contribution in [0.1, 0.15) is 5.56 Å². The molecule has 0 bridgehead atoms. The molecule has 0 saturated carbocycles. The summed E-state index contributed by atoms with van der Waals surface area (Å²) in [6.07, 6.45) is 1.63. The second-order valence-electron chi connectivity index (χ2n) is 3.81. The van der Waals surface area contributed by atoms with Crippen molar-refractivity contribution >= 4 is 33.0 Å². The Morgan fingerprint density at radius 3 is 2.44 bits per heavy atom. The van der Waals surface area contributed by atoms with Crippen LogP contribution in [0.4, 0.5) is 0 Å². The molecule has 1 unspecified atom stereocenters. The van der Waals surface area contributed by atoms with Crippen molar-refractivity contribution in [3.63, 3.8) is 0 Å². The first-order valence-electron chi connectivity index (χ1n) is 4.65. The molecular weight excluding hydrogens is 269 g/mol. The molecule has 0 heterocycles. The highest BCUT2D eigenvalue weighted by molar-refractivity contribution is 7.90. The van der Waals surface area contributed by atoms with Gasteiger partial charge in [-0.15, -0.1) is 0 Å². The summed E-state index contributed by atoms with van der Waals surface area (Å²) in [6, 6.07) is 4.74. The second-order valence-corrected chi connectivity index (χ2v) is 6.80. The summed E-state index contributed by atoms with van der Waals surface area (Å²) in [6.45, 7) is 0. The summed E-state index contributed by atoms with van der Waals surface area (Å²) in [5, 5.41) is 0.924. The highest BCUT2D eigenvalue weighted by Gasteiger charge is 2.12. The van der Waals surface area contributed by atoms with Crippen LogP contribution in [0.3, 0.4) is 0 Å². The molecular formula is C10H13Cl2NO2S. The van der Waals surface area contributed by atoms with Crippen LogP contribution in [0.25, 0.3) is 0 Å². The van der Waals surface area contributed by atoms with E-state index in [1.807, 2.05) is 0 Å². The molecule has 0 radical (unpaired) electrons. The zero-order valence-electron chi connectivity index (χ0n) is 8.78. The van der Waals surface area contributed by atoms with Gasteiger partial charge in [-0.1, -0.05) is 29.3 Å². The predicted octanol–water partition coefficient (Wildman–Crippen LogP) is 1.91. The highest BCUT2D eigenvalue weighted by atomic mass is 35.5. The molecule has 0 fully saturated rings. The van der Waals surface area contributed by atoms with Crippen molar-refractivity contribution in [3.05, 3.63) is 33.8 Å². The van der Waals surface area contributed by atoms with Crippen LogP contribution >= 0.6 is 23.2 Å². The van der Waals surface area contributed by atoms with Gasteiger partial charge in [0.1, 0.15) is 9.84 Å². The van der Waals surface area contributed by atoms with Crippen molar-refractivity contribution in [2.75, 3.05) is 12.0 Å². The van der Waals surface area contributed by atoms with E-state index < -0.39 is 15.9 Å². The Morgan fingerprint density at radius 1 is 1.31 bits per heavy atom. The molecule has 0 spiro atoms. The summed E-state index contributed by atoms with van der Waals surface area (Å²) < 4.78 is 22.1. The number of halogens is 2. The van der Waals surface area contributed by atoms with E-state index in [1.165, 1.54) is 6.26 Å². The van der Waals surface area contributed by atoms with E-state index in [0.29, 0.717) is 16.5 Å². The molecule has 1 atom stereocenters. The zero-order valence-corrected chi connectivity index (χ0v) is 11.1. The molecule has 1 aromatic carbocycles. The topological polar surface area (TPSA) is 60.2 Å². The average molecular weight is 282 g/mol. The molecule has 0 amide bonds. The summed E-state index contributed by atoms with van der Waals surface area (Å²) in [5.74, 6) is -0.0345. The quantitative estimate of drug-likeness (QED) is 0.917. The summed E-state index contributed by atoms with van der Waals surface area (Å²) >= 11 is 11.6. The van der Waals surface area contributed by atoms with Crippen LogP contribution in [0.2, 0.25) is 10.0 Å². The summed E-state index contributed by atoms with van der Waals surface area (Å²) in [5.41, 5.74) is 6.60. The molecule has 0 saturated heterocycles. The van der Waals surface area contributed by atoms with Gasteiger partial charge in [0.2, 0.25) is 0 Å². The van der Waals surface area contributed by atoms with Crippen LogP contribution < -0.4 is 5.73 Å². The minimum absolute atomic E-state index is 0.0345. The minimum Gasteiger partial charge on any atom is -0.326 e. The van der Waals surface area contributed by atoms with Crippen LogP contribution in [-0.4, -0.2) is 26.5 Å². The highest BCUT2D eigenvalue weighted by Crippen LogP contribution is 2.23. The molecule has 1 aromatic rings. The largest absolute Gasteiger partial charge is 0.326 e. The van der Waals surface area contributed by atoms with Gasteiger partial charge >= 0.3 is 0 Å². The zero-order chi connectivity index (χ0) is 12.3. The standard InChI is InChI=1S/C10H13Cl2NO2S/c1-16(14,15)6-8(13)4-7-2-3-9(11)10(12)5-7/h2-3,5,8H,4,6,13H2,1H3. The van der Waals surface area contributed by atoms with Crippen molar-refractivity contribution < 1.29 is 8.42 Å². The Morgan fingerprint density at radius 2 is 1.94 bits per heavy atom. The third-order valence-electron chi connectivity index (χ3n) is 2.00. The number of benzene rings is 1. The maximum absolute atomic E-state index is 11.0. The predicted molar refractivity (Wildman–Crippen MR) is 67.9 cm³/mol. The molecule has 16 heavy (non-hydrogen) atoms. The van der Waals surface area contributed by atoms with Crippen LogP contribution in [-0.2, 0) is 16.3 Å². The SMILES string of the molecule is CS(=O)(=O)CC(N)Cc1ccc(Cl)c(Cl)c1. The number of nitrogens with two attached hydrogens (primary N) is 1. The normalized spacial score (nSPS) is 13.8. The van der Waals surface area contributed by atoms with Gasteiger partial charge in [-0.3, -0.25) is 0 Å². The molecule has 0 aliphatic heterocycles. The van der Waals surface area contributed by atoms with Crippen LogP contribution in [0, 0.1) is 0 Å². The van der Waals surface area contributed by atoms with Gasteiger partial charge in [-0.2, -0.15) is 0 Å². The van der Waals surface area contributed by atoms with Gasteiger partial charge in [0.15, 0.2) is 0 Å². The fourth-order valence-electron chi connectivity index (χ4n) is 1.42. The van der Waals surface area contributed by atoms with Gasteiger partial charge in [0.25, 0.3) is 0 Å². The molecule has 6 heteroatoms. The number of hydrogen-bond acceptors (Lipinski definition) is 3. The van der Waals surface area contributed by atoms with Crippen molar-refractivity contribution in [2.45, 2.75) is 12.5 Å². The van der Waals surface area contributed by atoms with Gasteiger partial charge in [-0.25, -0.2) is 8.42 Å². The Labute approximate surface area is 105 Å². The summed E-state index contributed by atoms with van der Waals surface area (Å²) in [7, 11) is -3.05. The fraction of sp³-hybridized carbons (Fsp3) is 0.400. The minimum atomic E-state index is -3.05. The lowest BCUT2D eigenvalue weighted by molar-refractivity contribution is 0.591. The van der Waals surface area contributed by atoms with E-state index in [0.717, 1.165) is 5.56 Å². The van der Waals surface area contributed by atoms with Gasteiger partial charge in [-0.05, 0) is 24.1 Å². The summed E-state index contributed by atoms with van der Waals surface area (Å²) in [4.78, 5) is 0. The Hall–Kier alpha value is -0.290. The monoisotopic (exact) mass is 281 g/mol. The number of sulfone groups is 1. The lowest BCUT2D eigenvalue weighted by atomic mass is 10.1. The van der Waals surface area contributed by atoms with Gasteiger partial charge < -0.3 is 5.73 Å². The third-order valence-corrected chi connectivity index (χ3v) is 3.77. The van der Waals surface area contributed by atoms with E-state index in [9.17, 15) is 8.42 Å². The second kappa shape index (κ2) is 5.36. The smallest absolute Gasteiger partial charge is 0.148 e. The van der Waals surface area contributed by atoms with Crippen molar-refractivity contribution in [2.24, 2.45) is 5.73 Å². The molecule has 3 nitrogen and oxygen atoms in total. The molecule has 90 valence electrons. The molecule has 1 rings (SSSR count). The van der Waals surface area contributed by atoms with Gasteiger partial charge in [0.05, 0.1) is 15.8 Å². The average Bonchev–Trinajstić information content (AvgIpc) is 2.08. The number of rotatable bonds is 4. The van der Waals surface area contributed by atoms with E-state index in [1.54, 1.807) is 18.2 Å². The first kappa shape index (κ1) is 13.8. The van der Waals surface area contributed by atoms with Crippen molar-refractivity contribution in [1.82, 2.24) is 0 Å². The van der Waals surface area contributed by atoms with Crippen LogP contribution in [0.5, 0.6) is 0 Å². The Balaban J connectivity index is 2.70. The van der Waals surface area contributed by atoms with E-state index in [2.05, 4.69) is 0 Å². The lowest BCUT2D eigenvalue weighted by Crippen LogP contribution is -2.31. The van der Waals surface area contributed by atoms with Gasteiger partial charge in [0, 0.05) is 12.3 Å². The lowest BCUT2D eigenvalue weighted by Gasteiger charge is -2.10. The maximum Gasteiger partial charge on any atom is 0.148 e. The Bertz CT molecular complexity index is 474. The molecule has 0 aromatic heterocycles. The first-order valence-corrected chi connectivity index (χ1v) is 7.47. The van der Waals surface area contributed by atoms with Crippen molar-refractivity contribution in [3.8, 4) is 0 Å². The maximum atomic E-state index is 11.0. The number of hydrogen-bond donors (Lipinski definition) is 1. The molecule has 2 N–H and O–H groups in total. The molecule has 0 aliphatic carbocycles. The molecule has 0 aliphatic rings. The third kappa shape index (κ3) is 4.70. The first-order chi connectivity index (χ1) is 7.28. The Kier molecular flexibility index (Phi) is 4.62. The van der Waals surface area contributed by atoms with E-state index in [4.69, 9.17) is 28.9 Å². The van der Waals surface area contributed by atoms with E-state index in [-0.39, 0.29) is 5.75 Å². The fourth-order valence-corrected chi connectivity index (χ4v) is 2.63. The van der Waals surface area contributed by atoms with E-state index >= 15 is 0 Å².